The molecule has 0 aliphatic carbocycles. The van der Waals surface area contributed by atoms with E-state index in [1.807, 2.05) is 18.2 Å². The van der Waals surface area contributed by atoms with E-state index in [9.17, 15) is 4.79 Å². The Morgan fingerprint density at radius 2 is 1.88 bits per heavy atom. The third kappa shape index (κ3) is 4.51. The molecular weight excluding hydrogens is 342 g/mol. The van der Waals surface area contributed by atoms with Crippen molar-refractivity contribution in [1.29, 1.82) is 0 Å². The van der Waals surface area contributed by atoms with E-state index in [4.69, 9.17) is 26.4 Å². The Bertz CT molecular complexity index is 770. The third-order valence-corrected chi connectivity index (χ3v) is 3.56. The molecule has 0 saturated heterocycles. The van der Waals surface area contributed by atoms with Gasteiger partial charge in [0.25, 0.3) is 5.91 Å². The van der Waals surface area contributed by atoms with Gasteiger partial charge in [-0.15, -0.1) is 0 Å². The highest BCUT2D eigenvalue weighted by Gasteiger charge is 2.16. The molecule has 1 unspecified atom stereocenters. The second kappa shape index (κ2) is 7.71. The van der Waals surface area contributed by atoms with E-state index in [0.717, 1.165) is 0 Å². The van der Waals surface area contributed by atoms with Crippen LogP contribution < -0.4 is 30.4 Å². The molecule has 0 saturated carbocycles. The smallest absolute Gasteiger partial charge is 0.279 e. The lowest BCUT2D eigenvalue weighted by Crippen LogP contribution is -2.48. The predicted molar refractivity (Wildman–Crippen MR) is 96.6 cm³/mol. The fraction of sp³-hybridized carbons (Fsp3) is 0.176. The Morgan fingerprint density at radius 1 is 1.12 bits per heavy atom. The van der Waals surface area contributed by atoms with Gasteiger partial charge in [-0.05, 0) is 43.4 Å². The maximum atomic E-state index is 12.0. The molecule has 2 aromatic rings. The quantitative estimate of drug-likeness (QED) is 0.570. The molecule has 1 aliphatic rings. The second-order valence-corrected chi connectivity index (χ2v) is 5.62. The van der Waals surface area contributed by atoms with E-state index in [2.05, 4.69) is 16.2 Å². The number of carbonyl (C=O) groups is 1. The van der Waals surface area contributed by atoms with Crippen LogP contribution in [-0.2, 0) is 4.79 Å². The maximum Gasteiger partial charge on any atom is 0.279 e. The Balaban J connectivity index is 1.46. The van der Waals surface area contributed by atoms with Gasteiger partial charge in [-0.2, -0.15) is 0 Å². The largest absolute Gasteiger partial charge is 0.481 e. The van der Waals surface area contributed by atoms with E-state index >= 15 is 0 Å². The van der Waals surface area contributed by atoms with Crippen LogP contribution in [0.1, 0.15) is 6.92 Å². The number of rotatable bonds is 4. The van der Waals surface area contributed by atoms with E-state index in [0.29, 0.717) is 22.9 Å². The summed E-state index contributed by atoms with van der Waals surface area (Å²) in [5.41, 5.74) is 5.85. The number of anilines is 1. The van der Waals surface area contributed by atoms with E-state index in [1.165, 1.54) is 0 Å². The van der Waals surface area contributed by atoms with E-state index in [-0.39, 0.29) is 17.8 Å². The Labute approximate surface area is 150 Å². The van der Waals surface area contributed by atoms with Crippen molar-refractivity contribution < 1.29 is 19.0 Å². The Hall–Kier alpha value is -3.00. The summed E-state index contributed by atoms with van der Waals surface area (Å²) in [6.45, 7) is 1.86. The van der Waals surface area contributed by atoms with Crippen LogP contribution in [0.2, 0.25) is 0 Å². The molecular formula is C17H17N3O4S. The molecule has 130 valence electrons. The number of fused-ring (bicyclic) bond motifs is 1. The van der Waals surface area contributed by atoms with Gasteiger partial charge in [0, 0.05) is 11.8 Å². The summed E-state index contributed by atoms with van der Waals surface area (Å²) in [7, 11) is 0. The summed E-state index contributed by atoms with van der Waals surface area (Å²) in [5.74, 6) is 1.59. The molecule has 25 heavy (non-hydrogen) atoms. The zero-order valence-corrected chi connectivity index (χ0v) is 14.3. The summed E-state index contributed by atoms with van der Waals surface area (Å²) < 4.78 is 16.1. The first-order chi connectivity index (χ1) is 12.1. The van der Waals surface area contributed by atoms with Crippen molar-refractivity contribution in [2.45, 2.75) is 13.0 Å². The SMILES string of the molecule is CC(Oc1ccccc1)C(=O)NNC(=S)Nc1ccc2c(c1)OCO2. The lowest BCUT2D eigenvalue weighted by molar-refractivity contribution is -0.127. The summed E-state index contributed by atoms with van der Waals surface area (Å²) in [5, 5.41) is 3.18. The minimum Gasteiger partial charge on any atom is -0.481 e. The first-order valence-corrected chi connectivity index (χ1v) is 8.01. The van der Waals surface area contributed by atoms with Gasteiger partial charge < -0.3 is 19.5 Å². The predicted octanol–water partition coefficient (Wildman–Crippen LogP) is 2.20. The molecule has 0 aromatic heterocycles. The molecule has 8 heteroatoms. The van der Waals surface area contributed by atoms with Crippen molar-refractivity contribution >= 4 is 28.9 Å². The maximum absolute atomic E-state index is 12.0. The fourth-order valence-electron chi connectivity index (χ4n) is 2.11. The number of hydrogen-bond donors (Lipinski definition) is 3. The highest BCUT2D eigenvalue weighted by Crippen LogP contribution is 2.34. The standard InChI is InChI=1S/C17H17N3O4S/c1-11(24-13-5-3-2-4-6-13)16(21)19-20-17(25)18-12-7-8-14-15(9-12)23-10-22-14/h2-9,11H,10H2,1H3,(H,19,21)(H2,18,20,25). The van der Waals surface area contributed by atoms with Gasteiger partial charge in [0.1, 0.15) is 5.75 Å². The van der Waals surface area contributed by atoms with E-state index < -0.39 is 6.10 Å². The normalized spacial score (nSPS) is 12.8. The second-order valence-electron chi connectivity index (χ2n) is 5.21. The first kappa shape index (κ1) is 16.8. The Kier molecular flexibility index (Phi) is 5.20. The summed E-state index contributed by atoms with van der Waals surface area (Å²) in [6.07, 6.45) is -0.678. The number of nitrogens with one attached hydrogen (secondary N) is 3. The van der Waals surface area contributed by atoms with Crippen LogP contribution in [0, 0.1) is 0 Å². The van der Waals surface area contributed by atoms with Crippen molar-refractivity contribution in [3.63, 3.8) is 0 Å². The number of amides is 1. The topological polar surface area (TPSA) is 80.9 Å². The summed E-state index contributed by atoms with van der Waals surface area (Å²) in [4.78, 5) is 12.0. The molecule has 0 bridgehead atoms. The molecule has 7 nitrogen and oxygen atoms in total. The van der Waals surface area contributed by atoms with Gasteiger partial charge >= 0.3 is 0 Å². The van der Waals surface area contributed by atoms with Gasteiger partial charge in [0.2, 0.25) is 6.79 Å². The number of hydrazine groups is 1. The van der Waals surface area contributed by atoms with Gasteiger partial charge in [0.15, 0.2) is 22.7 Å². The molecule has 1 amide bonds. The van der Waals surface area contributed by atoms with Crippen LogP contribution in [0.15, 0.2) is 48.5 Å². The lowest BCUT2D eigenvalue weighted by atomic mass is 10.3. The van der Waals surface area contributed by atoms with Crippen LogP contribution in [0.25, 0.3) is 0 Å². The molecule has 0 radical (unpaired) electrons. The average Bonchev–Trinajstić information content (AvgIpc) is 3.08. The number of thiocarbonyl (C=S) groups is 1. The zero-order chi connectivity index (χ0) is 17.6. The highest BCUT2D eigenvalue weighted by molar-refractivity contribution is 7.80. The molecule has 1 aliphatic heterocycles. The van der Waals surface area contributed by atoms with Gasteiger partial charge in [-0.3, -0.25) is 15.6 Å². The molecule has 0 fully saturated rings. The number of para-hydroxylation sites is 1. The van der Waals surface area contributed by atoms with Crippen LogP contribution >= 0.6 is 12.2 Å². The summed E-state index contributed by atoms with van der Waals surface area (Å²) >= 11 is 5.15. The van der Waals surface area contributed by atoms with Crippen LogP contribution in [-0.4, -0.2) is 23.9 Å². The summed E-state index contributed by atoms with van der Waals surface area (Å²) in [6, 6.07) is 14.4. The molecule has 1 atom stereocenters. The van der Waals surface area contributed by atoms with Crippen LogP contribution in [0.5, 0.6) is 17.2 Å². The van der Waals surface area contributed by atoms with E-state index in [1.54, 1.807) is 37.3 Å². The number of benzene rings is 2. The van der Waals surface area contributed by atoms with Crippen molar-refractivity contribution in [3.8, 4) is 17.2 Å². The highest BCUT2D eigenvalue weighted by atomic mass is 32.1. The van der Waals surface area contributed by atoms with Gasteiger partial charge in [-0.25, -0.2) is 0 Å². The van der Waals surface area contributed by atoms with Crippen LogP contribution in [0.3, 0.4) is 0 Å². The first-order valence-electron chi connectivity index (χ1n) is 7.60. The molecule has 3 N–H and O–H groups in total. The molecule has 2 aromatic carbocycles. The van der Waals surface area contributed by atoms with Crippen molar-refractivity contribution in [3.05, 3.63) is 48.5 Å². The monoisotopic (exact) mass is 359 g/mol. The Morgan fingerprint density at radius 3 is 2.68 bits per heavy atom. The third-order valence-electron chi connectivity index (χ3n) is 3.35. The van der Waals surface area contributed by atoms with Gasteiger partial charge in [-0.1, -0.05) is 18.2 Å². The lowest BCUT2D eigenvalue weighted by Gasteiger charge is -2.16. The number of carbonyl (C=O) groups excluding carboxylic acids is 1. The van der Waals surface area contributed by atoms with Gasteiger partial charge in [0.05, 0.1) is 0 Å². The fourth-order valence-corrected chi connectivity index (χ4v) is 2.28. The van der Waals surface area contributed by atoms with Crippen LogP contribution in [0.4, 0.5) is 5.69 Å². The molecule has 3 rings (SSSR count). The minimum absolute atomic E-state index is 0.205. The molecule has 0 spiro atoms. The zero-order valence-electron chi connectivity index (χ0n) is 13.4. The number of ether oxygens (including phenoxy) is 3. The van der Waals surface area contributed by atoms with Crippen molar-refractivity contribution in [2.24, 2.45) is 0 Å². The number of hydrogen-bond acceptors (Lipinski definition) is 5. The van der Waals surface area contributed by atoms with Crippen molar-refractivity contribution in [1.82, 2.24) is 10.9 Å². The van der Waals surface area contributed by atoms with Crippen molar-refractivity contribution in [2.75, 3.05) is 12.1 Å². The average molecular weight is 359 g/mol. The minimum atomic E-state index is -0.678. The molecule has 1 heterocycles.